The maximum atomic E-state index is 13.5. The zero-order valence-corrected chi connectivity index (χ0v) is 19.6. The van der Waals surface area contributed by atoms with Crippen molar-refractivity contribution >= 4 is 22.5 Å². The van der Waals surface area contributed by atoms with Gasteiger partial charge in [0.2, 0.25) is 5.91 Å². The van der Waals surface area contributed by atoms with Gasteiger partial charge in [-0.3, -0.25) is 14.2 Å². The van der Waals surface area contributed by atoms with Crippen LogP contribution in [0.5, 0.6) is 11.5 Å². The van der Waals surface area contributed by atoms with Crippen molar-refractivity contribution in [2.75, 3.05) is 19.5 Å². The monoisotopic (exact) mass is 456 g/mol. The molecule has 1 N–H and O–H groups in total. The molecule has 0 atom stereocenters. The third-order valence-electron chi connectivity index (χ3n) is 5.84. The van der Waals surface area contributed by atoms with E-state index in [0.29, 0.717) is 34.7 Å². The summed E-state index contributed by atoms with van der Waals surface area (Å²) in [6.07, 6.45) is 1.33. The fourth-order valence-corrected chi connectivity index (χ4v) is 3.95. The van der Waals surface area contributed by atoms with Crippen molar-refractivity contribution in [2.45, 2.75) is 26.3 Å². The number of amides is 1. The molecule has 0 aliphatic heterocycles. The van der Waals surface area contributed by atoms with Gasteiger partial charge in [-0.1, -0.05) is 35.9 Å². The third-order valence-corrected chi connectivity index (χ3v) is 5.84. The lowest BCUT2D eigenvalue weighted by molar-refractivity contribution is -0.116. The number of carbonyl (C=O) groups is 1. The van der Waals surface area contributed by atoms with Gasteiger partial charge in [0, 0.05) is 23.4 Å². The van der Waals surface area contributed by atoms with Crippen LogP contribution < -0.4 is 20.3 Å². The highest BCUT2D eigenvalue weighted by molar-refractivity contribution is 5.92. The van der Waals surface area contributed by atoms with Crippen molar-refractivity contribution in [3.8, 4) is 11.5 Å². The number of pyridine rings is 1. The second-order valence-electron chi connectivity index (χ2n) is 8.25. The average Bonchev–Trinajstić information content (AvgIpc) is 2.85. The highest BCUT2D eigenvalue weighted by atomic mass is 16.5. The Morgan fingerprint density at radius 3 is 2.35 bits per heavy atom. The molecule has 1 amide bonds. The van der Waals surface area contributed by atoms with E-state index < -0.39 is 0 Å². The second kappa shape index (κ2) is 10.3. The van der Waals surface area contributed by atoms with Gasteiger partial charge in [0.1, 0.15) is 18.0 Å². The number of rotatable bonds is 8. The van der Waals surface area contributed by atoms with E-state index in [1.165, 1.54) is 15.7 Å². The zero-order chi connectivity index (χ0) is 24.1. The van der Waals surface area contributed by atoms with Crippen LogP contribution in [0.1, 0.15) is 16.7 Å². The van der Waals surface area contributed by atoms with E-state index >= 15 is 0 Å². The number of anilines is 1. The lowest BCUT2D eigenvalue weighted by Crippen LogP contribution is -2.30. The second-order valence-corrected chi connectivity index (χ2v) is 8.25. The van der Waals surface area contributed by atoms with Crippen LogP contribution in [-0.4, -0.2) is 24.7 Å². The van der Waals surface area contributed by atoms with Crippen LogP contribution >= 0.6 is 0 Å². The molecule has 0 aliphatic carbocycles. The Kier molecular flexibility index (Phi) is 6.97. The minimum atomic E-state index is -0.296. The van der Waals surface area contributed by atoms with Crippen molar-refractivity contribution in [1.29, 1.82) is 0 Å². The number of ether oxygens (including phenoxy) is 2. The molecular weight excluding hydrogens is 428 g/mol. The quantitative estimate of drug-likeness (QED) is 0.415. The van der Waals surface area contributed by atoms with Crippen LogP contribution in [-0.2, 0) is 24.2 Å². The van der Waals surface area contributed by atoms with Gasteiger partial charge in [-0.25, -0.2) is 0 Å². The SMILES string of the molecule is COc1cccc(NC(=O)Cn2c(=O)c(CCc3ccc(C)cc3)cc3ccc(OC)cc32)c1. The molecule has 0 saturated heterocycles. The van der Waals surface area contributed by atoms with Crippen molar-refractivity contribution in [1.82, 2.24) is 4.57 Å². The van der Waals surface area contributed by atoms with E-state index in [9.17, 15) is 9.59 Å². The van der Waals surface area contributed by atoms with Gasteiger partial charge in [-0.15, -0.1) is 0 Å². The summed E-state index contributed by atoms with van der Waals surface area (Å²) >= 11 is 0. The molecule has 0 fully saturated rings. The van der Waals surface area contributed by atoms with Gasteiger partial charge in [-0.2, -0.15) is 0 Å². The molecule has 6 nitrogen and oxygen atoms in total. The van der Waals surface area contributed by atoms with Crippen molar-refractivity contribution in [3.05, 3.63) is 99.8 Å². The number of benzene rings is 3. The van der Waals surface area contributed by atoms with Crippen LogP contribution in [0.2, 0.25) is 0 Å². The average molecular weight is 457 g/mol. The van der Waals surface area contributed by atoms with E-state index in [1.54, 1.807) is 44.6 Å². The maximum Gasteiger partial charge on any atom is 0.254 e. The number of aryl methyl sites for hydroxylation is 3. The highest BCUT2D eigenvalue weighted by Crippen LogP contribution is 2.22. The normalized spacial score (nSPS) is 10.8. The highest BCUT2D eigenvalue weighted by Gasteiger charge is 2.14. The lowest BCUT2D eigenvalue weighted by Gasteiger charge is -2.14. The molecule has 4 rings (SSSR count). The predicted octanol–water partition coefficient (Wildman–Crippen LogP) is 4.75. The summed E-state index contributed by atoms with van der Waals surface area (Å²) < 4.78 is 12.1. The molecule has 1 heterocycles. The number of nitrogens with one attached hydrogen (secondary N) is 1. The summed E-state index contributed by atoms with van der Waals surface area (Å²) in [5.74, 6) is 0.972. The van der Waals surface area contributed by atoms with Crippen LogP contribution in [0.15, 0.2) is 77.6 Å². The van der Waals surface area contributed by atoms with E-state index in [0.717, 1.165) is 11.8 Å². The van der Waals surface area contributed by atoms with E-state index in [1.807, 2.05) is 18.2 Å². The molecule has 0 saturated carbocycles. The summed E-state index contributed by atoms with van der Waals surface area (Å²) in [5.41, 5.74) is 4.13. The summed E-state index contributed by atoms with van der Waals surface area (Å²) in [6, 6.07) is 22.9. The first kappa shape index (κ1) is 23.1. The van der Waals surface area contributed by atoms with Gasteiger partial charge in [0.05, 0.1) is 19.7 Å². The fraction of sp³-hybridized carbons (Fsp3) is 0.214. The molecular formula is C28H28N2O4. The molecule has 0 bridgehead atoms. The number of aromatic nitrogens is 1. The number of methoxy groups -OCH3 is 2. The molecule has 3 aromatic carbocycles. The molecule has 0 unspecified atom stereocenters. The molecule has 174 valence electrons. The van der Waals surface area contributed by atoms with Crippen LogP contribution in [0.3, 0.4) is 0 Å². The molecule has 1 aromatic heterocycles. The zero-order valence-electron chi connectivity index (χ0n) is 19.6. The first-order valence-electron chi connectivity index (χ1n) is 11.2. The third kappa shape index (κ3) is 5.29. The summed E-state index contributed by atoms with van der Waals surface area (Å²) in [6.45, 7) is 1.94. The minimum absolute atomic E-state index is 0.113. The maximum absolute atomic E-state index is 13.5. The smallest absolute Gasteiger partial charge is 0.254 e. The van der Waals surface area contributed by atoms with Gasteiger partial charge >= 0.3 is 0 Å². The molecule has 0 radical (unpaired) electrons. The Labute approximate surface area is 198 Å². The lowest BCUT2D eigenvalue weighted by atomic mass is 10.0. The number of hydrogen-bond acceptors (Lipinski definition) is 4. The molecule has 4 aromatic rings. The Bertz CT molecular complexity index is 1370. The topological polar surface area (TPSA) is 69.6 Å². The minimum Gasteiger partial charge on any atom is -0.497 e. The van der Waals surface area contributed by atoms with Crippen molar-refractivity contribution in [2.24, 2.45) is 0 Å². The number of nitrogens with zero attached hydrogens (tertiary/aromatic N) is 1. The van der Waals surface area contributed by atoms with Gasteiger partial charge in [0.25, 0.3) is 5.56 Å². The van der Waals surface area contributed by atoms with Gasteiger partial charge in [-0.05, 0) is 61.0 Å². The Hall–Kier alpha value is -4.06. The van der Waals surface area contributed by atoms with Crippen LogP contribution in [0, 0.1) is 6.92 Å². The first-order valence-corrected chi connectivity index (χ1v) is 11.2. The van der Waals surface area contributed by atoms with E-state index in [4.69, 9.17) is 9.47 Å². The molecule has 0 aliphatic rings. The van der Waals surface area contributed by atoms with Crippen molar-refractivity contribution in [3.63, 3.8) is 0 Å². The fourth-order valence-electron chi connectivity index (χ4n) is 3.95. The number of carbonyl (C=O) groups excluding carboxylic acids is 1. The molecule has 34 heavy (non-hydrogen) atoms. The van der Waals surface area contributed by atoms with Crippen LogP contribution in [0.4, 0.5) is 5.69 Å². The summed E-state index contributed by atoms with van der Waals surface area (Å²) in [4.78, 5) is 26.4. The Balaban J connectivity index is 1.66. The largest absolute Gasteiger partial charge is 0.497 e. The molecule has 6 heteroatoms. The Morgan fingerprint density at radius 1 is 0.882 bits per heavy atom. The van der Waals surface area contributed by atoms with Crippen LogP contribution in [0.25, 0.3) is 10.9 Å². The predicted molar refractivity (Wildman–Crippen MR) is 135 cm³/mol. The molecule has 0 spiro atoms. The standard InChI is InChI=1S/C28H28N2O4/c1-19-7-9-20(10-8-19)11-12-22-15-21-13-14-25(34-3)17-26(21)30(28(22)32)18-27(31)29-23-5-4-6-24(16-23)33-2/h4-10,13-17H,11-12,18H2,1-3H3,(H,29,31). The van der Waals surface area contributed by atoms with Gasteiger partial charge in [0.15, 0.2) is 0 Å². The van der Waals surface area contributed by atoms with Gasteiger partial charge < -0.3 is 14.8 Å². The summed E-state index contributed by atoms with van der Waals surface area (Å²) in [5, 5.41) is 3.74. The number of fused-ring (bicyclic) bond motifs is 1. The Morgan fingerprint density at radius 2 is 1.62 bits per heavy atom. The van der Waals surface area contributed by atoms with E-state index in [2.05, 4.69) is 36.5 Å². The summed E-state index contributed by atoms with van der Waals surface area (Å²) in [7, 11) is 3.15. The van der Waals surface area contributed by atoms with E-state index in [-0.39, 0.29) is 18.0 Å². The first-order chi connectivity index (χ1) is 16.5. The van der Waals surface area contributed by atoms with Crippen molar-refractivity contribution < 1.29 is 14.3 Å². The number of hydrogen-bond donors (Lipinski definition) is 1.